The van der Waals surface area contributed by atoms with Gasteiger partial charge in [0.15, 0.2) is 0 Å². The first kappa shape index (κ1) is 17.7. The molecule has 1 aliphatic heterocycles. The van der Waals surface area contributed by atoms with Crippen molar-refractivity contribution < 1.29 is 14.3 Å². The lowest BCUT2D eigenvalue weighted by molar-refractivity contribution is -0.136. The second-order valence-corrected chi connectivity index (χ2v) is 6.11. The predicted molar refractivity (Wildman–Crippen MR) is 99.9 cm³/mol. The van der Waals surface area contributed by atoms with Gasteiger partial charge in [-0.2, -0.15) is 0 Å². The summed E-state index contributed by atoms with van der Waals surface area (Å²) in [6.07, 6.45) is 0.575. The third-order valence-corrected chi connectivity index (χ3v) is 4.05. The van der Waals surface area contributed by atoms with Gasteiger partial charge in [0, 0.05) is 23.7 Å². The highest BCUT2D eigenvalue weighted by molar-refractivity contribution is 6.39. The van der Waals surface area contributed by atoms with Gasteiger partial charge in [0.2, 0.25) is 5.90 Å². The Balaban J connectivity index is 1.41. The van der Waals surface area contributed by atoms with Gasteiger partial charge in [0.1, 0.15) is 0 Å². The molecular formula is C20H21N3O3. The zero-order valence-electron chi connectivity index (χ0n) is 14.6. The van der Waals surface area contributed by atoms with Crippen molar-refractivity contribution in [2.75, 3.05) is 11.9 Å². The molecule has 6 heteroatoms. The molecule has 2 N–H and O–H groups in total. The van der Waals surface area contributed by atoms with E-state index in [1.54, 1.807) is 24.3 Å². The third kappa shape index (κ3) is 4.47. The van der Waals surface area contributed by atoms with Crippen LogP contribution in [0, 0.1) is 0 Å². The van der Waals surface area contributed by atoms with Crippen molar-refractivity contribution in [2.24, 2.45) is 4.99 Å². The average molecular weight is 351 g/mol. The predicted octanol–water partition coefficient (Wildman–Crippen LogP) is 2.50. The number of benzene rings is 2. The van der Waals surface area contributed by atoms with Gasteiger partial charge >= 0.3 is 11.8 Å². The topological polar surface area (TPSA) is 79.8 Å². The molecule has 1 heterocycles. The second-order valence-electron chi connectivity index (χ2n) is 6.11. The van der Waals surface area contributed by atoms with Gasteiger partial charge in [-0.05, 0) is 30.7 Å². The number of hydrogen-bond donors (Lipinski definition) is 2. The molecule has 134 valence electrons. The number of amides is 2. The Hall–Kier alpha value is -3.15. The molecule has 0 aliphatic carbocycles. The summed E-state index contributed by atoms with van der Waals surface area (Å²) in [6.45, 7) is 2.88. The van der Waals surface area contributed by atoms with Crippen LogP contribution in [0.5, 0.6) is 0 Å². The van der Waals surface area contributed by atoms with Crippen LogP contribution in [0.25, 0.3) is 0 Å². The SMILES string of the molecule is CC(CCOC1=NCc2ccccc21)NC(=O)C(=O)Nc1ccccc1. The Morgan fingerprint density at radius 1 is 1.08 bits per heavy atom. The number of para-hydroxylation sites is 1. The summed E-state index contributed by atoms with van der Waals surface area (Å²) in [5, 5.41) is 5.23. The van der Waals surface area contributed by atoms with Crippen LogP contribution in [0.3, 0.4) is 0 Å². The number of nitrogens with zero attached hydrogens (tertiary/aromatic N) is 1. The number of aliphatic imine (C=N–C) groups is 1. The Labute approximate surface area is 152 Å². The van der Waals surface area contributed by atoms with Crippen molar-refractivity contribution in [1.82, 2.24) is 5.32 Å². The number of nitrogens with one attached hydrogen (secondary N) is 2. The van der Waals surface area contributed by atoms with Gasteiger partial charge in [-0.1, -0.05) is 36.4 Å². The maximum atomic E-state index is 12.0. The summed E-state index contributed by atoms with van der Waals surface area (Å²) >= 11 is 0. The lowest BCUT2D eigenvalue weighted by atomic mass is 10.1. The fourth-order valence-corrected chi connectivity index (χ4v) is 2.64. The molecule has 2 aromatic rings. The summed E-state index contributed by atoms with van der Waals surface area (Å²) < 4.78 is 5.74. The number of anilines is 1. The molecule has 3 rings (SSSR count). The molecule has 0 aromatic heterocycles. The normalized spacial score (nSPS) is 13.3. The minimum absolute atomic E-state index is 0.193. The first-order chi connectivity index (χ1) is 12.6. The molecule has 2 amide bonds. The number of carbonyl (C=O) groups is 2. The summed E-state index contributed by atoms with van der Waals surface area (Å²) in [5.74, 6) is -0.705. The Morgan fingerprint density at radius 3 is 2.62 bits per heavy atom. The first-order valence-corrected chi connectivity index (χ1v) is 8.56. The van der Waals surface area contributed by atoms with Gasteiger partial charge in [0.25, 0.3) is 0 Å². The molecule has 1 unspecified atom stereocenters. The zero-order valence-corrected chi connectivity index (χ0v) is 14.6. The fourth-order valence-electron chi connectivity index (χ4n) is 2.64. The van der Waals surface area contributed by atoms with Gasteiger partial charge in [0.05, 0.1) is 13.2 Å². The van der Waals surface area contributed by atoms with E-state index in [0.29, 0.717) is 31.2 Å². The maximum absolute atomic E-state index is 12.0. The van der Waals surface area contributed by atoms with E-state index in [-0.39, 0.29) is 6.04 Å². The van der Waals surface area contributed by atoms with Gasteiger partial charge in [-0.15, -0.1) is 0 Å². The standard InChI is InChI=1S/C20H21N3O3/c1-14(22-18(24)19(25)23-16-8-3-2-4-9-16)11-12-26-20-17-10-6-5-7-15(17)13-21-20/h2-10,14H,11-13H2,1H3,(H,22,24)(H,23,25). The van der Waals surface area contributed by atoms with Crippen LogP contribution in [0.4, 0.5) is 5.69 Å². The van der Waals surface area contributed by atoms with Crippen molar-refractivity contribution in [1.29, 1.82) is 0 Å². The zero-order chi connectivity index (χ0) is 18.4. The van der Waals surface area contributed by atoms with Crippen LogP contribution in [0.15, 0.2) is 59.6 Å². The fraction of sp³-hybridized carbons (Fsp3) is 0.250. The van der Waals surface area contributed by atoms with Crippen molar-refractivity contribution in [3.05, 3.63) is 65.7 Å². The van der Waals surface area contributed by atoms with Crippen LogP contribution in [0.1, 0.15) is 24.5 Å². The molecule has 0 saturated carbocycles. The molecule has 1 aliphatic rings. The molecule has 0 radical (unpaired) electrons. The van der Waals surface area contributed by atoms with E-state index in [1.165, 1.54) is 0 Å². The quantitative estimate of drug-likeness (QED) is 0.812. The van der Waals surface area contributed by atoms with Crippen molar-refractivity contribution in [3.8, 4) is 0 Å². The summed E-state index contributed by atoms with van der Waals surface area (Å²) in [6, 6.07) is 16.6. The highest BCUT2D eigenvalue weighted by Gasteiger charge is 2.18. The minimum atomic E-state index is -0.682. The monoisotopic (exact) mass is 351 g/mol. The lowest BCUT2D eigenvalue weighted by Crippen LogP contribution is -2.41. The lowest BCUT2D eigenvalue weighted by Gasteiger charge is -2.14. The van der Waals surface area contributed by atoms with E-state index in [0.717, 1.165) is 11.1 Å². The smallest absolute Gasteiger partial charge is 0.313 e. The highest BCUT2D eigenvalue weighted by Crippen LogP contribution is 2.19. The number of ether oxygens (including phenoxy) is 1. The van der Waals surface area contributed by atoms with Crippen LogP contribution < -0.4 is 10.6 Å². The molecule has 26 heavy (non-hydrogen) atoms. The van der Waals surface area contributed by atoms with Crippen LogP contribution in [0.2, 0.25) is 0 Å². The van der Waals surface area contributed by atoms with Gasteiger partial charge in [-0.25, -0.2) is 4.99 Å². The van der Waals surface area contributed by atoms with E-state index in [1.807, 2.05) is 37.3 Å². The van der Waals surface area contributed by atoms with E-state index in [9.17, 15) is 9.59 Å². The molecule has 0 bridgehead atoms. The third-order valence-electron chi connectivity index (χ3n) is 4.05. The van der Waals surface area contributed by atoms with E-state index < -0.39 is 11.8 Å². The second kappa shape index (κ2) is 8.29. The molecule has 0 fully saturated rings. The number of rotatable bonds is 5. The van der Waals surface area contributed by atoms with Crippen molar-refractivity contribution >= 4 is 23.4 Å². The Bertz CT molecular complexity index is 818. The van der Waals surface area contributed by atoms with Crippen molar-refractivity contribution in [3.63, 3.8) is 0 Å². The van der Waals surface area contributed by atoms with E-state index >= 15 is 0 Å². The highest BCUT2D eigenvalue weighted by atomic mass is 16.5. The van der Waals surface area contributed by atoms with Crippen LogP contribution >= 0.6 is 0 Å². The molecular weight excluding hydrogens is 330 g/mol. The number of fused-ring (bicyclic) bond motifs is 1. The summed E-state index contributed by atoms with van der Waals surface area (Å²) in [4.78, 5) is 28.2. The van der Waals surface area contributed by atoms with Crippen molar-refractivity contribution in [2.45, 2.75) is 25.9 Å². The van der Waals surface area contributed by atoms with E-state index in [2.05, 4.69) is 15.6 Å². The van der Waals surface area contributed by atoms with Gasteiger partial charge < -0.3 is 15.4 Å². The molecule has 2 aromatic carbocycles. The average Bonchev–Trinajstić information content (AvgIpc) is 3.06. The number of hydrogen-bond acceptors (Lipinski definition) is 4. The first-order valence-electron chi connectivity index (χ1n) is 8.56. The summed E-state index contributed by atoms with van der Waals surface area (Å²) in [5.41, 5.74) is 2.76. The Morgan fingerprint density at radius 2 is 1.81 bits per heavy atom. The van der Waals surface area contributed by atoms with Crippen LogP contribution in [-0.4, -0.2) is 30.4 Å². The largest absolute Gasteiger partial charge is 0.477 e. The molecule has 0 saturated heterocycles. The Kier molecular flexibility index (Phi) is 5.63. The van der Waals surface area contributed by atoms with E-state index in [4.69, 9.17) is 4.74 Å². The van der Waals surface area contributed by atoms with Gasteiger partial charge in [-0.3, -0.25) is 9.59 Å². The molecule has 6 nitrogen and oxygen atoms in total. The molecule has 0 spiro atoms. The van der Waals surface area contributed by atoms with Crippen LogP contribution in [-0.2, 0) is 20.9 Å². The minimum Gasteiger partial charge on any atom is -0.477 e. The number of carbonyl (C=O) groups excluding carboxylic acids is 2. The summed E-state index contributed by atoms with van der Waals surface area (Å²) in [7, 11) is 0. The molecule has 1 atom stereocenters. The maximum Gasteiger partial charge on any atom is 0.313 e.